The Morgan fingerprint density at radius 1 is 1.00 bits per heavy atom. The van der Waals surface area contributed by atoms with Gasteiger partial charge in [-0.25, -0.2) is 14.6 Å². The highest BCUT2D eigenvalue weighted by atomic mass is 16.5. The molecular weight excluding hydrogens is 430 g/mol. The molecule has 170 valence electrons. The number of rotatable bonds is 5. The van der Waals surface area contributed by atoms with Crippen LogP contribution in [0.1, 0.15) is 27.2 Å². The number of benzene rings is 2. The summed E-state index contributed by atoms with van der Waals surface area (Å²) in [7, 11) is 1.53. The number of para-hydroxylation sites is 1. The Bertz CT molecular complexity index is 1530. The van der Waals surface area contributed by atoms with Gasteiger partial charge in [-0.3, -0.25) is 4.79 Å². The first-order valence-corrected chi connectivity index (χ1v) is 10.7. The number of ether oxygens (including phenoxy) is 1. The number of amides is 1. The molecule has 0 saturated heterocycles. The van der Waals surface area contributed by atoms with Crippen molar-refractivity contribution in [3.05, 3.63) is 83.4 Å². The first kappa shape index (κ1) is 21.3. The van der Waals surface area contributed by atoms with Gasteiger partial charge in [0.2, 0.25) is 0 Å². The molecule has 3 aromatic heterocycles. The molecule has 0 aliphatic rings. The average Bonchev–Trinajstić information content (AvgIpc) is 3.44. The van der Waals surface area contributed by atoms with Crippen LogP contribution in [0.3, 0.4) is 0 Å². The van der Waals surface area contributed by atoms with Crippen LogP contribution in [-0.4, -0.2) is 42.5 Å². The van der Waals surface area contributed by atoms with Crippen LogP contribution in [0, 0.1) is 20.8 Å². The van der Waals surface area contributed by atoms with Crippen molar-refractivity contribution in [1.29, 1.82) is 0 Å². The molecule has 2 aromatic carbocycles. The first-order valence-electron chi connectivity index (χ1n) is 10.7. The summed E-state index contributed by atoms with van der Waals surface area (Å²) in [6.45, 7) is 5.98. The summed E-state index contributed by atoms with van der Waals surface area (Å²) in [4.78, 5) is 22.0. The van der Waals surface area contributed by atoms with Gasteiger partial charge in [0.1, 0.15) is 17.9 Å². The first-order chi connectivity index (χ1) is 16.5. The maximum Gasteiger partial charge on any atom is 0.260 e. The summed E-state index contributed by atoms with van der Waals surface area (Å²) in [6.07, 6.45) is 3.19. The number of anilines is 1. The van der Waals surface area contributed by atoms with E-state index in [4.69, 9.17) is 4.74 Å². The van der Waals surface area contributed by atoms with Gasteiger partial charge >= 0.3 is 0 Å². The molecule has 0 aliphatic heterocycles. The fraction of sp³-hybridized carbons (Fsp3) is 0.160. The Balaban J connectivity index is 1.59. The van der Waals surface area contributed by atoms with Crippen molar-refractivity contribution in [3.8, 4) is 17.3 Å². The van der Waals surface area contributed by atoms with Gasteiger partial charge in [0, 0.05) is 6.07 Å². The second-order valence-electron chi connectivity index (χ2n) is 7.95. The van der Waals surface area contributed by atoms with Crippen molar-refractivity contribution in [2.45, 2.75) is 20.8 Å². The maximum atomic E-state index is 13.0. The summed E-state index contributed by atoms with van der Waals surface area (Å²) < 4.78 is 8.73. The van der Waals surface area contributed by atoms with Crippen molar-refractivity contribution < 1.29 is 9.53 Å². The Morgan fingerprint density at radius 3 is 2.65 bits per heavy atom. The lowest BCUT2D eigenvalue weighted by Gasteiger charge is -2.11. The van der Waals surface area contributed by atoms with Gasteiger partial charge in [-0.2, -0.15) is 14.9 Å². The molecule has 1 N–H and O–H groups in total. The molecule has 3 heterocycles. The average molecular weight is 454 g/mol. The Hall–Kier alpha value is -4.53. The minimum atomic E-state index is -0.310. The fourth-order valence-corrected chi connectivity index (χ4v) is 3.91. The molecule has 0 saturated carbocycles. The van der Waals surface area contributed by atoms with Crippen molar-refractivity contribution in [2.24, 2.45) is 0 Å². The molecule has 0 radical (unpaired) electrons. The van der Waals surface area contributed by atoms with Gasteiger partial charge in [0.05, 0.1) is 35.6 Å². The predicted molar refractivity (Wildman–Crippen MR) is 129 cm³/mol. The lowest BCUT2D eigenvalue weighted by molar-refractivity contribution is 0.102. The van der Waals surface area contributed by atoms with Crippen LogP contribution in [0.5, 0.6) is 5.75 Å². The van der Waals surface area contributed by atoms with E-state index in [0.717, 1.165) is 16.9 Å². The van der Waals surface area contributed by atoms with Crippen LogP contribution in [0.15, 0.2) is 61.1 Å². The van der Waals surface area contributed by atoms with E-state index in [1.54, 1.807) is 39.8 Å². The Kier molecular flexibility index (Phi) is 5.29. The van der Waals surface area contributed by atoms with E-state index >= 15 is 0 Å². The summed E-state index contributed by atoms with van der Waals surface area (Å²) in [5.74, 6) is 1.18. The van der Waals surface area contributed by atoms with E-state index in [1.807, 2.05) is 25.1 Å². The topological polar surface area (TPSA) is 99.8 Å². The zero-order valence-corrected chi connectivity index (χ0v) is 19.3. The summed E-state index contributed by atoms with van der Waals surface area (Å²) >= 11 is 0. The lowest BCUT2D eigenvalue weighted by atomic mass is 10.1. The van der Waals surface area contributed by atoms with Crippen molar-refractivity contribution >= 4 is 22.8 Å². The molecule has 9 heteroatoms. The smallest absolute Gasteiger partial charge is 0.260 e. The van der Waals surface area contributed by atoms with Crippen molar-refractivity contribution in [3.63, 3.8) is 0 Å². The number of hydrogen-bond donors (Lipinski definition) is 1. The third-order valence-corrected chi connectivity index (χ3v) is 5.77. The molecule has 5 rings (SSSR count). The van der Waals surface area contributed by atoms with Crippen LogP contribution in [-0.2, 0) is 0 Å². The van der Waals surface area contributed by atoms with Gasteiger partial charge in [0.15, 0.2) is 11.5 Å². The molecule has 0 bridgehead atoms. The van der Waals surface area contributed by atoms with Crippen molar-refractivity contribution in [2.75, 3.05) is 12.4 Å². The van der Waals surface area contributed by atoms with Gasteiger partial charge in [0.25, 0.3) is 5.91 Å². The highest BCUT2D eigenvalue weighted by molar-refractivity contribution is 6.06. The SMILES string of the molecule is COc1ccccc1C(=O)Nc1cc(C)nn1-c1ncnc2c1cnn2-c1cccc(C)c1C. The monoisotopic (exact) mass is 453 g/mol. The van der Waals surface area contributed by atoms with Gasteiger partial charge in [-0.15, -0.1) is 0 Å². The molecule has 0 unspecified atom stereocenters. The number of aromatic nitrogens is 6. The maximum absolute atomic E-state index is 13.0. The van der Waals surface area contributed by atoms with Gasteiger partial charge in [-0.05, 0) is 50.1 Å². The molecule has 0 aliphatic carbocycles. The minimum absolute atomic E-state index is 0.310. The van der Waals surface area contributed by atoms with Gasteiger partial charge in [-0.1, -0.05) is 24.3 Å². The molecule has 0 spiro atoms. The summed E-state index contributed by atoms with van der Waals surface area (Å²) in [6, 6.07) is 14.9. The molecule has 9 nitrogen and oxygen atoms in total. The van der Waals surface area contributed by atoms with Crippen LogP contribution >= 0.6 is 0 Å². The molecule has 5 aromatic rings. The Morgan fingerprint density at radius 2 is 1.82 bits per heavy atom. The second kappa shape index (κ2) is 8.43. The molecule has 34 heavy (non-hydrogen) atoms. The third-order valence-electron chi connectivity index (χ3n) is 5.77. The quantitative estimate of drug-likeness (QED) is 0.428. The second-order valence-corrected chi connectivity index (χ2v) is 7.95. The predicted octanol–water partition coefficient (Wildman–Crippen LogP) is 4.19. The van der Waals surface area contributed by atoms with Crippen LogP contribution in [0.25, 0.3) is 22.5 Å². The number of carbonyl (C=O) groups is 1. The number of carbonyl (C=O) groups excluding carboxylic acids is 1. The van der Waals surface area contributed by atoms with E-state index in [2.05, 4.69) is 45.4 Å². The van der Waals surface area contributed by atoms with E-state index in [0.29, 0.717) is 34.0 Å². The number of hydrogen-bond acceptors (Lipinski definition) is 6. The van der Waals surface area contributed by atoms with E-state index in [1.165, 1.54) is 19.0 Å². The molecule has 0 fully saturated rings. The standard InChI is InChI=1S/C25H23N7O2/c1-15-8-7-10-20(17(15)3)31-23-19(13-28-31)24(27-14-26-23)32-22(12-16(2)30-32)29-25(33)18-9-5-6-11-21(18)34-4/h5-14H,1-4H3,(H,29,33). The van der Waals surface area contributed by atoms with Crippen LogP contribution in [0.2, 0.25) is 0 Å². The number of aryl methyl sites for hydroxylation is 2. The zero-order valence-electron chi connectivity index (χ0n) is 19.3. The number of methoxy groups -OCH3 is 1. The number of fused-ring (bicyclic) bond motifs is 1. The highest BCUT2D eigenvalue weighted by Gasteiger charge is 2.20. The normalized spacial score (nSPS) is 11.1. The zero-order chi connectivity index (χ0) is 23.8. The van der Waals surface area contributed by atoms with Gasteiger partial charge < -0.3 is 10.1 Å². The summed E-state index contributed by atoms with van der Waals surface area (Å²) in [5, 5.41) is 12.8. The number of nitrogens with one attached hydrogen (secondary N) is 1. The Labute approximate surface area is 196 Å². The molecule has 0 atom stereocenters. The molecule has 1 amide bonds. The number of nitrogens with zero attached hydrogens (tertiary/aromatic N) is 6. The largest absolute Gasteiger partial charge is 0.496 e. The van der Waals surface area contributed by atoms with Crippen LogP contribution < -0.4 is 10.1 Å². The van der Waals surface area contributed by atoms with E-state index in [-0.39, 0.29) is 5.91 Å². The van der Waals surface area contributed by atoms with Crippen LogP contribution in [0.4, 0.5) is 5.82 Å². The third kappa shape index (κ3) is 3.57. The molecular formula is C25H23N7O2. The van der Waals surface area contributed by atoms with E-state index in [9.17, 15) is 4.79 Å². The van der Waals surface area contributed by atoms with E-state index < -0.39 is 0 Å². The van der Waals surface area contributed by atoms with Crippen molar-refractivity contribution in [1.82, 2.24) is 29.5 Å². The minimum Gasteiger partial charge on any atom is -0.496 e. The lowest BCUT2D eigenvalue weighted by Crippen LogP contribution is -2.16. The highest BCUT2D eigenvalue weighted by Crippen LogP contribution is 2.27. The summed E-state index contributed by atoms with van der Waals surface area (Å²) in [5.41, 5.74) is 5.02. The fourth-order valence-electron chi connectivity index (χ4n) is 3.91.